The number of rotatable bonds is 6. The number of anilines is 1. The molecule has 1 amide bonds. The summed E-state index contributed by atoms with van der Waals surface area (Å²) >= 11 is 5.85. The summed E-state index contributed by atoms with van der Waals surface area (Å²) < 4.78 is 25.5. The van der Waals surface area contributed by atoms with E-state index < -0.39 is 15.9 Å². The summed E-state index contributed by atoms with van der Waals surface area (Å²) in [6.07, 6.45) is 1.07. The van der Waals surface area contributed by atoms with Crippen molar-refractivity contribution in [2.75, 3.05) is 17.1 Å². The van der Waals surface area contributed by atoms with Gasteiger partial charge < -0.3 is 0 Å². The van der Waals surface area contributed by atoms with Crippen LogP contribution in [0.2, 0.25) is 5.02 Å². The van der Waals surface area contributed by atoms with Gasteiger partial charge in [-0.2, -0.15) is 5.10 Å². The fourth-order valence-corrected chi connectivity index (χ4v) is 3.49. The summed E-state index contributed by atoms with van der Waals surface area (Å²) in [4.78, 5) is 12.3. The predicted octanol–water partition coefficient (Wildman–Crippen LogP) is 3.26. The Bertz CT molecular complexity index is 970. The fraction of sp³-hybridized carbons (Fsp3) is 0.263. The molecule has 0 aliphatic carbocycles. The van der Waals surface area contributed by atoms with E-state index in [9.17, 15) is 13.2 Å². The molecule has 2 rings (SSSR count). The number of hydrogen-bond donors (Lipinski definition) is 1. The van der Waals surface area contributed by atoms with Crippen LogP contribution in [0.3, 0.4) is 0 Å². The maximum absolute atomic E-state index is 12.3. The van der Waals surface area contributed by atoms with E-state index in [1.54, 1.807) is 43.3 Å². The van der Waals surface area contributed by atoms with Crippen molar-refractivity contribution in [3.05, 3.63) is 64.2 Å². The molecule has 2 aromatic carbocycles. The third-order valence-electron chi connectivity index (χ3n) is 4.14. The number of hydrogen-bond acceptors (Lipinski definition) is 4. The number of carbonyl (C=O) groups excluding carboxylic acids is 1. The molecule has 0 radical (unpaired) electrons. The lowest BCUT2D eigenvalue weighted by molar-refractivity contribution is -0.119. The molecule has 0 atom stereocenters. The summed E-state index contributed by atoms with van der Waals surface area (Å²) in [6.45, 7) is 5.09. The Morgan fingerprint density at radius 2 is 1.78 bits per heavy atom. The fourth-order valence-electron chi connectivity index (χ4n) is 2.45. The van der Waals surface area contributed by atoms with Crippen LogP contribution in [0.5, 0.6) is 0 Å². The number of aryl methyl sites for hydroxylation is 1. The molecule has 6 nitrogen and oxygen atoms in total. The maximum atomic E-state index is 12.3. The quantitative estimate of drug-likeness (QED) is 0.589. The van der Waals surface area contributed by atoms with Crippen LogP contribution in [-0.4, -0.2) is 32.8 Å². The van der Waals surface area contributed by atoms with Crippen molar-refractivity contribution in [3.63, 3.8) is 0 Å². The van der Waals surface area contributed by atoms with Gasteiger partial charge in [0.05, 0.1) is 17.7 Å². The standard InChI is InChI=1S/C19H22ClN3O3S/c1-13-6-5-7-18(14(13)2)23(27(4,25)26)12-19(24)22-21-15(3)16-8-10-17(20)11-9-16/h5-11H,12H2,1-4H3,(H,22,24)/b21-15-. The van der Waals surface area contributed by atoms with Gasteiger partial charge in [0.1, 0.15) is 6.54 Å². The van der Waals surface area contributed by atoms with Crippen molar-refractivity contribution in [2.45, 2.75) is 20.8 Å². The lowest BCUT2D eigenvalue weighted by atomic mass is 10.1. The topological polar surface area (TPSA) is 78.8 Å². The number of amides is 1. The Labute approximate surface area is 164 Å². The first-order valence-electron chi connectivity index (χ1n) is 8.22. The second kappa shape index (κ2) is 8.54. The zero-order valence-corrected chi connectivity index (χ0v) is 17.2. The van der Waals surface area contributed by atoms with Gasteiger partial charge in [-0.05, 0) is 55.7 Å². The SMILES string of the molecule is C/C(=N/NC(=O)CN(c1cccc(C)c1C)S(C)(=O)=O)c1ccc(Cl)cc1. The summed E-state index contributed by atoms with van der Waals surface area (Å²) in [6, 6.07) is 12.3. The Kier molecular flexibility index (Phi) is 6.62. The number of nitrogens with one attached hydrogen (secondary N) is 1. The van der Waals surface area contributed by atoms with Crippen molar-refractivity contribution in [3.8, 4) is 0 Å². The molecule has 0 saturated carbocycles. The molecule has 0 heterocycles. The van der Waals surface area contributed by atoms with Crippen LogP contribution in [0.1, 0.15) is 23.6 Å². The lowest BCUT2D eigenvalue weighted by Crippen LogP contribution is -2.39. The van der Waals surface area contributed by atoms with Crippen LogP contribution in [0.4, 0.5) is 5.69 Å². The average molecular weight is 408 g/mol. The minimum atomic E-state index is -3.64. The number of nitrogens with zero attached hydrogens (tertiary/aromatic N) is 2. The normalized spacial score (nSPS) is 12.0. The zero-order valence-electron chi connectivity index (χ0n) is 15.7. The molecule has 0 aromatic heterocycles. The van der Waals surface area contributed by atoms with Crippen molar-refractivity contribution in [1.82, 2.24) is 5.43 Å². The molecule has 0 spiro atoms. The highest BCUT2D eigenvalue weighted by molar-refractivity contribution is 7.92. The summed E-state index contributed by atoms with van der Waals surface area (Å²) in [5.74, 6) is -0.533. The Hall–Kier alpha value is -2.38. The number of carbonyl (C=O) groups is 1. The van der Waals surface area contributed by atoms with Crippen LogP contribution in [0.25, 0.3) is 0 Å². The number of hydrazone groups is 1. The second-order valence-electron chi connectivity index (χ2n) is 6.23. The molecule has 2 aromatic rings. The Balaban J connectivity index is 2.18. The van der Waals surface area contributed by atoms with E-state index in [4.69, 9.17) is 11.6 Å². The molecule has 0 aliphatic rings. The van der Waals surface area contributed by atoms with Gasteiger partial charge >= 0.3 is 0 Å². The van der Waals surface area contributed by atoms with Gasteiger partial charge in [0, 0.05) is 5.02 Å². The van der Waals surface area contributed by atoms with Crippen molar-refractivity contribution >= 4 is 38.9 Å². The number of sulfonamides is 1. The van der Waals surface area contributed by atoms with E-state index in [-0.39, 0.29) is 6.54 Å². The van der Waals surface area contributed by atoms with Crippen molar-refractivity contribution < 1.29 is 13.2 Å². The largest absolute Gasteiger partial charge is 0.271 e. The zero-order chi connectivity index (χ0) is 20.2. The van der Waals surface area contributed by atoms with E-state index >= 15 is 0 Å². The molecule has 0 unspecified atom stereocenters. The van der Waals surface area contributed by atoms with Crippen LogP contribution in [0, 0.1) is 13.8 Å². The molecule has 27 heavy (non-hydrogen) atoms. The van der Waals surface area contributed by atoms with Gasteiger partial charge in [-0.15, -0.1) is 0 Å². The molecule has 144 valence electrons. The van der Waals surface area contributed by atoms with Gasteiger partial charge in [0.2, 0.25) is 10.0 Å². The van der Waals surface area contributed by atoms with Gasteiger partial charge in [0.15, 0.2) is 0 Å². The smallest absolute Gasteiger partial charge is 0.260 e. The van der Waals surface area contributed by atoms with Crippen LogP contribution >= 0.6 is 11.6 Å². The summed E-state index contributed by atoms with van der Waals surface area (Å²) in [7, 11) is -3.64. The third-order valence-corrected chi connectivity index (χ3v) is 5.52. The first-order chi connectivity index (χ1) is 12.6. The molecule has 0 bridgehead atoms. The van der Waals surface area contributed by atoms with Crippen molar-refractivity contribution in [2.24, 2.45) is 5.10 Å². The minimum absolute atomic E-state index is 0.361. The van der Waals surface area contributed by atoms with Crippen LogP contribution in [0.15, 0.2) is 47.6 Å². The third kappa shape index (κ3) is 5.55. The van der Waals surface area contributed by atoms with E-state index in [2.05, 4.69) is 10.5 Å². The molecule has 8 heteroatoms. The average Bonchev–Trinajstić information content (AvgIpc) is 2.60. The van der Waals surface area contributed by atoms with E-state index in [0.29, 0.717) is 16.4 Å². The van der Waals surface area contributed by atoms with Crippen molar-refractivity contribution in [1.29, 1.82) is 0 Å². The number of halogens is 1. The van der Waals surface area contributed by atoms with Gasteiger partial charge in [0.25, 0.3) is 5.91 Å². The monoisotopic (exact) mass is 407 g/mol. The van der Waals surface area contributed by atoms with E-state index in [0.717, 1.165) is 27.3 Å². The summed E-state index contributed by atoms with van der Waals surface area (Å²) in [5.41, 5.74) is 6.02. The number of benzene rings is 2. The highest BCUT2D eigenvalue weighted by atomic mass is 35.5. The Morgan fingerprint density at radius 1 is 1.15 bits per heavy atom. The molecular formula is C19H22ClN3O3S. The van der Waals surface area contributed by atoms with Gasteiger partial charge in [-0.3, -0.25) is 9.10 Å². The molecular weight excluding hydrogens is 386 g/mol. The second-order valence-corrected chi connectivity index (χ2v) is 8.57. The van der Waals surface area contributed by atoms with Gasteiger partial charge in [-0.25, -0.2) is 13.8 Å². The van der Waals surface area contributed by atoms with Crippen LogP contribution in [-0.2, 0) is 14.8 Å². The minimum Gasteiger partial charge on any atom is -0.271 e. The Morgan fingerprint density at radius 3 is 2.37 bits per heavy atom. The van der Waals surface area contributed by atoms with E-state index in [1.807, 2.05) is 19.9 Å². The molecule has 0 aliphatic heterocycles. The van der Waals surface area contributed by atoms with Crippen LogP contribution < -0.4 is 9.73 Å². The highest BCUT2D eigenvalue weighted by Gasteiger charge is 2.22. The van der Waals surface area contributed by atoms with E-state index in [1.165, 1.54) is 0 Å². The molecule has 1 N–H and O–H groups in total. The highest BCUT2D eigenvalue weighted by Crippen LogP contribution is 2.24. The summed E-state index contributed by atoms with van der Waals surface area (Å²) in [5, 5.41) is 4.65. The molecule has 0 saturated heterocycles. The maximum Gasteiger partial charge on any atom is 0.260 e. The molecule has 0 fully saturated rings. The lowest BCUT2D eigenvalue weighted by Gasteiger charge is -2.24. The predicted molar refractivity (Wildman–Crippen MR) is 110 cm³/mol. The van der Waals surface area contributed by atoms with Gasteiger partial charge in [-0.1, -0.05) is 35.9 Å². The first kappa shape index (κ1) is 20.9. The first-order valence-corrected chi connectivity index (χ1v) is 10.4.